The number of hydrogen-bond acceptors (Lipinski definition) is 6. The molecule has 2 amide bonds. The number of pyridine rings is 1. The van der Waals surface area contributed by atoms with Gasteiger partial charge in [-0.05, 0) is 36.7 Å². The number of hydrogen-bond donors (Lipinski definition) is 3. The lowest BCUT2D eigenvalue weighted by Gasteiger charge is -2.28. The molecule has 2 fully saturated rings. The number of anilines is 1. The normalized spacial score (nSPS) is 22.3. The number of carbonyl (C=O) groups excluding carboxylic acids is 3. The molecular formula is C22H31N5O3. The molecule has 8 nitrogen and oxygen atoms in total. The predicted octanol–water partition coefficient (Wildman–Crippen LogP) is 1.99. The Kier molecular flexibility index (Phi) is 6.24. The van der Waals surface area contributed by atoms with Gasteiger partial charge in [0.15, 0.2) is 5.78 Å². The summed E-state index contributed by atoms with van der Waals surface area (Å²) in [7, 11) is 0. The molecule has 3 rings (SSSR count). The van der Waals surface area contributed by atoms with Gasteiger partial charge in [0, 0.05) is 31.3 Å². The standard InChI is InChI=1S/C22H31N5O3/c1-13(28)20(23)15-5-7-24-11-16(15)26-12-19(29)27-17-9-14(17)10-18(27)21(30)25-8-6-22(2,3)4/h5,7,11,14,17-18,23,26H,6,8-10,12H2,1-4H3,(H,25,30)/t14-,17-,18+/m1/s1. The van der Waals surface area contributed by atoms with Crippen LogP contribution in [-0.4, -0.2) is 58.4 Å². The number of carbonyl (C=O) groups is 3. The Morgan fingerprint density at radius 2 is 2.00 bits per heavy atom. The Morgan fingerprint density at radius 1 is 1.27 bits per heavy atom. The molecule has 1 aromatic heterocycles. The minimum absolute atomic E-state index is 0.0150. The van der Waals surface area contributed by atoms with Crippen LogP contribution >= 0.6 is 0 Å². The molecule has 0 aromatic carbocycles. The summed E-state index contributed by atoms with van der Waals surface area (Å²) in [6.07, 6.45) is 5.54. The third-order valence-corrected chi connectivity index (χ3v) is 5.74. The van der Waals surface area contributed by atoms with Crippen molar-refractivity contribution >= 4 is 29.0 Å². The highest BCUT2D eigenvalue weighted by atomic mass is 16.2. The first-order chi connectivity index (χ1) is 14.1. The Bertz CT molecular complexity index is 861. The van der Waals surface area contributed by atoms with Gasteiger partial charge in [-0.2, -0.15) is 0 Å². The van der Waals surface area contributed by atoms with Crippen molar-refractivity contribution in [3.05, 3.63) is 24.0 Å². The predicted molar refractivity (Wildman–Crippen MR) is 114 cm³/mol. The van der Waals surface area contributed by atoms with Gasteiger partial charge < -0.3 is 15.5 Å². The Hall–Kier alpha value is -2.77. The maximum Gasteiger partial charge on any atom is 0.242 e. The molecule has 8 heteroatoms. The zero-order valence-electron chi connectivity index (χ0n) is 18.1. The monoisotopic (exact) mass is 413 g/mol. The van der Waals surface area contributed by atoms with Crippen molar-refractivity contribution in [3.8, 4) is 0 Å². The lowest BCUT2D eigenvalue weighted by Crippen LogP contribution is -2.49. The zero-order valence-corrected chi connectivity index (χ0v) is 18.1. The molecule has 0 bridgehead atoms. The minimum atomic E-state index is -0.424. The minimum Gasteiger partial charge on any atom is -0.374 e. The van der Waals surface area contributed by atoms with Crippen LogP contribution in [0.5, 0.6) is 0 Å². The molecule has 1 saturated carbocycles. The molecule has 1 saturated heterocycles. The van der Waals surface area contributed by atoms with Crippen molar-refractivity contribution in [2.75, 3.05) is 18.4 Å². The molecule has 1 aliphatic heterocycles. The van der Waals surface area contributed by atoms with Crippen LogP contribution < -0.4 is 10.6 Å². The number of nitrogens with zero attached hydrogens (tertiary/aromatic N) is 2. The summed E-state index contributed by atoms with van der Waals surface area (Å²) in [5, 5.41) is 13.9. The van der Waals surface area contributed by atoms with Gasteiger partial charge >= 0.3 is 0 Å². The first kappa shape index (κ1) is 21.9. The quantitative estimate of drug-likeness (QED) is 0.564. The fraction of sp³-hybridized carbons (Fsp3) is 0.591. The summed E-state index contributed by atoms with van der Waals surface area (Å²) < 4.78 is 0. The largest absolute Gasteiger partial charge is 0.374 e. The average Bonchev–Trinajstić information content (AvgIpc) is 3.34. The maximum atomic E-state index is 13.0. The van der Waals surface area contributed by atoms with Crippen LogP contribution in [0.2, 0.25) is 0 Å². The number of piperidine rings is 1. The molecule has 1 aromatic rings. The van der Waals surface area contributed by atoms with Gasteiger partial charge in [-0.1, -0.05) is 20.8 Å². The summed E-state index contributed by atoms with van der Waals surface area (Å²) in [6.45, 7) is 8.30. The number of ketones is 1. The Balaban J connectivity index is 1.61. The molecule has 2 heterocycles. The Labute approximate surface area is 177 Å². The lowest BCUT2D eigenvalue weighted by atomic mass is 9.92. The van der Waals surface area contributed by atoms with Crippen molar-refractivity contribution in [3.63, 3.8) is 0 Å². The van der Waals surface area contributed by atoms with E-state index in [2.05, 4.69) is 36.4 Å². The highest BCUT2D eigenvalue weighted by molar-refractivity contribution is 6.45. The van der Waals surface area contributed by atoms with Crippen LogP contribution in [-0.2, 0) is 14.4 Å². The number of amides is 2. The molecule has 3 N–H and O–H groups in total. The zero-order chi connectivity index (χ0) is 22.1. The van der Waals surface area contributed by atoms with E-state index in [4.69, 9.17) is 5.41 Å². The van der Waals surface area contributed by atoms with Gasteiger partial charge in [0.1, 0.15) is 11.8 Å². The van der Waals surface area contributed by atoms with E-state index in [9.17, 15) is 14.4 Å². The van der Waals surface area contributed by atoms with Crippen LogP contribution in [0.4, 0.5) is 5.69 Å². The van der Waals surface area contributed by atoms with E-state index < -0.39 is 6.04 Å². The third kappa shape index (κ3) is 5.04. The molecule has 1 aliphatic carbocycles. The molecule has 0 spiro atoms. The van der Waals surface area contributed by atoms with Crippen molar-refractivity contribution in [1.82, 2.24) is 15.2 Å². The molecule has 2 aliphatic rings. The second kappa shape index (κ2) is 8.53. The topological polar surface area (TPSA) is 115 Å². The van der Waals surface area contributed by atoms with Crippen LogP contribution in [0, 0.1) is 16.7 Å². The van der Waals surface area contributed by atoms with Crippen molar-refractivity contribution in [1.29, 1.82) is 5.41 Å². The van der Waals surface area contributed by atoms with Gasteiger partial charge in [0.05, 0.1) is 18.4 Å². The third-order valence-electron chi connectivity index (χ3n) is 5.74. The smallest absolute Gasteiger partial charge is 0.242 e. The first-order valence-electron chi connectivity index (χ1n) is 10.4. The van der Waals surface area contributed by atoms with E-state index in [1.807, 2.05) is 0 Å². The molecule has 0 unspecified atom stereocenters. The molecule has 162 valence electrons. The fourth-order valence-corrected chi connectivity index (χ4v) is 3.93. The van der Waals surface area contributed by atoms with Crippen molar-refractivity contribution in [2.45, 2.75) is 59.0 Å². The first-order valence-corrected chi connectivity index (χ1v) is 10.4. The maximum absolute atomic E-state index is 13.0. The molecule has 3 atom stereocenters. The Morgan fingerprint density at radius 3 is 2.67 bits per heavy atom. The average molecular weight is 414 g/mol. The van der Waals surface area contributed by atoms with Crippen molar-refractivity contribution < 1.29 is 14.4 Å². The van der Waals surface area contributed by atoms with E-state index in [1.165, 1.54) is 19.3 Å². The summed E-state index contributed by atoms with van der Waals surface area (Å²) >= 11 is 0. The summed E-state index contributed by atoms with van der Waals surface area (Å²) in [4.78, 5) is 43.0. The van der Waals surface area contributed by atoms with E-state index in [0.717, 1.165) is 12.8 Å². The molecule has 30 heavy (non-hydrogen) atoms. The molecular weight excluding hydrogens is 382 g/mol. The summed E-state index contributed by atoms with van der Waals surface area (Å²) in [5.41, 5.74) is 0.877. The van der Waals surface area contributed by atoms with Gasteiger partial charge in [-0.3, -0.25) is 24.8 Å². The second-order valence-corrected chi connectivity index (χ2v) is 9.42. The number of nitrogens with one attached hydrogen (secondary N) is 3. The van der Waals surface area contributed by atoms with Crippen LogP contribution in [0.15, 0.2) is 18.5 Å². The summed E-state index contributed by atoms with van der Waals surface area (Å²) in [5.74, 6) is -0.185. The van der Waals surface area contributed by atoms with E-state index in [-0.39, 0.29) is 41.3 Å². The van der Waals surface area contributed by atoms with Crippen molar-refractivity contribution in [2.24, 2.45) is 11.3 Å². The van der Waals surface area contributed by atoms with Gasteiger partial charge in [-0.25, -0.2) is 0 Å². The number of Topliss-reactive ketones (excluding diaryl/α,β-unsaturated/α-hetero) is 1. The van der Waals surface area contributed by atoms with Crippen LogP contribution in [0.1, 0.15) is 52.5 Å². The van der Waals surface area contributed by atoms with E-state index in [0.29, 0.717) is 30.1 Å². The SMILES string of the molecule is CC(=O)C(=N)c1ccncc1NCC(=O)N1[C@@H]2C[C@@H]2C[C@H]1C(=O)NCCC(C)(C)C. The summed E-state index contributed by atoms with van der Waals surface area (Å²) in [6, 6.07) is 1.29. The number of rotatable bonds is 8. The van der Waals surface area contributed by atoms with E-state index in [1.54, 1.807) is 11.0 Å². The number of aromatic nitrogens is 1. The highest BCUT2D eigenvalue weighted by Gasteiger charge is 2.55. The number of likely N-dealkylation sites (tertiary alicyclic amines) is 1. The number of fused-ring (bicyclic) bond motifs is 1. The van der Waals surface area contributed by atoms with E-state index >= 15 is 0 Å². The lowest BCUT2D eigenvalue weighted by molar-refractivity contribution is -0.138. The van der Waals surface area contributed by atoms with Gasteiger partial charge in [0.25, 0.3) is 0 Å². The van der Waals surface area contributed by atoms with Crippen LogP contribution in [0.3, 0.4) is 0 Å². The highest BCUT2D eigenvalue weighted by Crippen LogP contribution is 2.47. The van der Waals surface area contributed by atoms with Crippen LogP contribution in [0.25, 0.3) is 0 Å². The second-order valence-electron chi connectivity index (χ2n) is 9.42. The fourth-order valence-electron chi connectivity index (χ4n) is 3.93. The molecule has 0 radical (unpaired) electrons. The van der Waals surface area contributed by atoms with Gasteiger partial charge in [-0.15, -0.1) is 0 Å². The van der Waals surface area contributed by atoms with Gasteiger partial charge in [0.2, 0.25) is 11.8 Å².